The fraction of sp³-hybridized carbons (Fsp3) is 0.217. The maximum absolute atomic E-state index is 12.5. The van der Waals surface area contributed by atoms with E-state index in [1.54, 1.807) is 20.4 Å². The molecule has 0 atom stereocenters. The normalized spacial score (nSPS) is 11.1. The lowest BCUT2D eigenvalue weighted by atomic mass is 10.0. The Morgan fingerprint density at radius 2 is 1.93 bits per heavy atom. The second-order valence-electron chi connectivity index (χ2n) is 6.78. The topological polar surface area (TPSA) is 76.2 Å². The van der Waals surface area contributed by atoms with Gasteiger partial charge >= 0.3 is 0 Å². The van der Waals surface area contributed by atoms with E-state index in [4.69, 9.17) is 9.47 Å². The predicted molar refractivity (Wildman–Crippen MR) is 114 cm³/mol. The number of methoxy groups -OCH3 is 2. The number of amides is 1. The molecule has 0 unspecified atom stereocenters. The molecule has 6 heteroatoms. The minimum atomic E-state index is -0.195. The molecule has 0 saturated carbocycles. The highest BCUT2D eigenvalue weighted by molar-refractivity contribution is 6.12. The minimum absolute atomic E-state index is 0.195. The second kappa shape index (κ2) is 7.93. The number of carbonyl (C=O) groups excluding carboxylic acids is 1. The number of hydrogen-bond donors (Lipinski definition) is 2. The molecular weight excluding hydrogens is 366 g/mol. The number of benzene rings is 2. The smallest absolute Gasteiger partial charge is 0.270 e. The number of aromatic amines is 1. The minimum Gasteiger partial charge on any atom is -0.497 e. The van der Waals surface area contributed by atoms with Crippen molar-refractivity contribution in [2.24, 2.45) is 0 Å². The van der Waals surface area contributed by atoms with Crippen molar-refractivity contribution in [3.05, 3.63) is 59.9 Å². The number of nitrogens with one attached hydrogen (secondary N) is 2. The molecule has 2 aromatic heterocycles. The summed E-state index contributed by atoms with van der Waals surface area (Å²) in [5.74, 6) is 0.615. The highest BCUT2D eigenvalue weighted by Gasteiger charge is 2.19. The Bertz CT molecular complexity index is 1200. The summed E-state index contributed by atoms with van der Waals surface area (Å²) in [6.45, 7) is 2.73. The average molecular weight is 389 g/mol. The molecule has 29 heavy (non-hydrogen) atoms. The summed E-state index contributed by atoms with van der Waals surface area (Å²) in [4.78, 5) is 20.4. The molecule has 0 spiro atoms. The Kier molecular flexibility index (Phi) is 5.18. The highest BCUT2D eigenvalue weighted by atomic mass is 16.5. The molecule has 1 amide bonds. The van der Waals surface area contributed by atoms with E-state index in [0.29, 0.717) is 18.8 Å². The van der Waals surface area contributed by atoms with E-state index >= 15 is 0 Å². The molecule has 2 heterocycles. The van der Waals surface area contributed by atoms with Crippen LogP contribution >= 0.6 is 0 Å². The first-order valence-corrected chi connectivity index (χ1v) is 9.51. The van der Waals surface area contributed by atoms with Crippen LogP contribution in [-0.2, 0) is 11.3 Å². The Balaban J connectivity index is 1.95. The van der Waals surface area contributed by atoms with Crippen LogP contribution in [0.2, 0.25) is 0 Å². The zero-order valence-corrected chi connectivity index (χ0v) is 16.7. The second-order valence-corrected chi connectivity index (χ2v) is 6.78. The van der Waals surface area contributed by atoms with Crippen LogP contribution in [0.4, 0.5) is 0 Å². The van der Waals surface area contributed by atoms with E-state index in [1.807, 2.05) is 31.2 Å². The molecule has 0 bridgehead atoms. The molecule has 0 aliphatic carbocycles. The zero-order valence-electron chi connectivity index (χ0n) is 16.7. The van der Waals surface area contributed by atoms with Gasteiger partial charge in [-0.2, -0.15) is 0 Å². The number of hydrogen-bond acceptors (Lipinski definition) is 4. The number of fused-ring (bicyclic) bond motifs is 3. The summed E-state index contributed by atoms with van der Waals surface area (Å²) in [5.41, 5.74) is 5.17. The van der Waals surface area contributed by atoms with Gasteiger partial charge in [-0.1, -0.05) is 18.2 Å². The van der Waals surface area contributed by atoms with Crippen LogP contribution in [0.1, 0.15) is 23.0 Å². The quantitative estimate of drug-likeness (QED) is 0.516. The van der Waals surface area contributed by atoms with Crippen LogP contribution in [0.3, 0.4) is 0 Å². The van der Waals surface area contributed by atoms with E-state index in [1.165, 1.54) is 0 Å². The van der Waals surface area contributed by atoms with Crippen LogP contribution in [-0.4, -0.2) is 36.6 Å². The van der Waals surface area contributed by atoms with Crippen molar-refractivity contribution in [1.29, 1.82) is 0 Å². The summed E-state index contributed by atoms with van der Waals surface area (Å²) < 4.78 is 10.8. The summed E-state index contributed by atoms with van der Waals surface area (Å²) in [5, 5.41) is 4.82. The summed E-state index contributed by atoms with van der Waals surface area (Å²) in [7, 11) is 3.28. The molecule has 6 nitrogen and oxygen atoms in total. The fourth-order valence-electron chi connectivity index (χ4n) is 3.67. The number of rotatable bonds is 6. The molecule has 148 valence electrons. The Morgan fingerprint density at radius 3 is 2.69 bits per heavy atom. The predicted octanol–water partition coefficient (Wildman–Crippen LogP) is 4.29. The fourth-order valence-corrected chi connectivity index (χ4v) is 3.67. The molecular formula is C23H23N3O3. The lowest BCUT2D eigenvalue weighted by Gasteiger charge is -2.10. The van der Waals surface area contributed by atoms with Crippen LogP contribution in [0.25, 0.3) is 32.9 Å². The summed E-state index contributed by atoms with van der Waals surface area (Å²) >= 11 is 0. The van der Waals surface area contributed by atoms with Crippen molar-refractivity contribution in [2.45, 2.75) is 13.5 Å². The first kappa shape index (κ1) is 19.0. The van der Waals surface area contributed by atoms with E-state index < -0.39 is 0 Å². The highest BCUT2D eigenvalue weighted by Crippen LogP contribution is 2.34. The summed E-state index contributed by atoms with van der Waals surface area (Å²) in [6, 6.07) is 14.2. The van der Waals surface area contributed by atoms with Gasteiger partial charge in [0.25, 0.3) is 5.91 Å². The van der Waals surface area contributed by atoms with Crippen molar-refractivity contribution < 1.29 is 14.3 Å². The van der Waals surface area contributed by atoms with Crippen molar-refractivity contribution in [2.75, 3.05) is 20.8 Å². The monoisotopic (exact) mass is 389 g/mol. The van der Waals surface area contributed by atoms with Gasteiger partial charge in [0.2, 0.25) is 0 Å². The summed E-state index contributed by atoms with van der Waals surface area (Å²) in [6.07, 6.45) is 1.71. The van der Waals surface area contributed by atoms with Crippen LogP contribution in [0.5, 0.6) is 5.75 Å². The third-order valence-corrected chi connectivity index (χ3v) is 4.98. The van der Waals surface area contributed by atoms with E-state index in [0.717, 1.165) is 44.2 Å². The van der Waals surface area contributed by atoms with Gasteiger partial charge in [0.15, 0.2) is 0 Å². The van der Waals surface area contributed by atoms with Crippen molar-refractivity contribution in [1.82, 2.24) is 15.3 Å². The maximum Gasteiger partial charge on any atom is 0.270 e. The number of carbonyl (C=O) groups is 1. The van der Waals surface area contributed by atoms with Crippen LogP contribution in [0.15, 0.2) is 48.7 Å². The van der Waals surface area contributed by atoms with Gasteiger partial charge in [-0.05, 0) is 42.3 Å². The number of aromatic nitrogens is 2. The number of H-pyrrole nitrogens is 1. The van der Waals surface area contributed by atoms with E-state index in [2.05, 4.69) is 33.5 Å². The zero-order chi connectivity index (χ0) is 20.4. The molecule has 0 fully saturated rings. The van der Waals surface area contributed by atoms with Crippen LogP contribution in [0, 0.1) is 0 Å². The maximum atomic E-state index is 12.5. The van der Waals surface area contributed by atoms with Crippen LogP contribution < -0.4 is 10.1 Å². The number of ether oxygens (including phenoxy) is 2. The molecule has 2 aromatic carbocycles. The lowest BCUT2D eigenvalue weighted by molar-refractivity contribution is 0.0946. The molecule has 4 rings (SSSR count). The number of pyridine rings is 1. The molecule has 0 saturated heterocycles. The Hall–Kier alpha value is -3.38. The lowest BCUT2D eigenvalue weighted by Crippen LogP contribution is -2.25. The number of nitrogens with zero attached hydrogens (tertiary/aromatic N) is 1. The van der Waals surface area contributed by atoms with E-state index in [-0.39, 0.29) is 5.91 Å². The largest absolute Gasteiger partial charge is 0.497 e. The first-order chi connectivity index (χ1) is 14.2. The molecule has 0 aliphatic heterocycles. The molecule has 4 aromatic rings. The van der Waals surface area contributed by atoms with E-state index in [9.17, 15) is 4.79 Å². The van der Waals surface area contributed by atoms with Gasteiger partial charge in [-0.25, -0.2) is 4.98 Å². The van der Waals surface area contributed by atoms with Gasteiger partial charge in [0, 0.05) is 35.5 Å². The van der Waals surface area contributed by atoms with Crippen molar-refractivity contribution in [3.8, 4) is 16.9 Å². The van der Waals surface area contributed by atoms with Gasteiger partial charge in [-0.3, -0.25) is 4.79 Å². The van der Waals surface area contributed by atoms with Gasteiger partial charge in [-0.15, -0.1) is 0 Å². The average Bonchev–Trinajstić information content (AvgIpc) is 3.12. The molecule has 2 N–H and O–H groups in total. The first-order valence-electron chi connectivity index (χ1n) is 9.51. The van der Waals surface area contributed by atoms with Crippen molar-refractivity contribution >= 4 is 27.7 Å². The Morgan fingerprint density at radius 1 is 1.10 bits per heavy atom. The molecule has 0 radical (unpaired) electrons. The van der Waals surface area contributed by atoms with Gasteiger partial charge < -0.3 is 19.8 Å². The van der Waals surface area contributed by atoms with Gasteiger partial charge in [0.05, 0.1) is 25.4 Å². The third-order valence-electron chi connectivity index (χ3n) is 4.98. The molecule has 0 aliphatic rings. The SMILES string of the molecule is CCNC(=O)c1ncc2[nH]c3ccc(-c4cccc(OC)c4)cc3c2c1COC. The Labute approximate surface area is 168 Å². The third kappa shape index (κ3) is 3.43. The van der Waals surface area contributed by atoms with Crippen molar-refractivity contribution in [3.63, 3.8) is 0 Å². The standard InChI is InChI=1S/C23H23N3O3/c1-4-24-23(27)22-18(13-28-2)21-17-11-15(14-6-5-7-16(10-14)29-3)8-9-19(17)26-20(21)12-25-22/h5-12,26H,4,13H2,1-3H3,(H,24,27). The van der Waals surface area contributed by atoms with Gasteiger partial charge in [0.1, 0.15) is 11.4 Å².